The second kappa shape index (κ2) is 9.69. The molecule has 0 spiro atoms. The van der Waals surface area contributed by atoms with Crippen LogP contribution >= 0.6 is 0 Å². The third-order valence-electron chi connectivity index (χ3n) is 5.61. The molecule has 174 valence electrons. The number of carboxylic acid groups (broad SMARTS) is 1. The predicted molar refractivity (Wildman–Crippen MR) is 132 cm³/mol. The van der Waals surface area contributed by atoms with E-state index >= 15 is 0 Å². The fraction of sp³-hybridized carbons (Fsp3) is 0.107. The Balaban J connectivity index is 1.27. The number of benzene rings is 3. The molecule has 35 heavy (non-hydrogen) atoms. The Bertz CT molecular complexity index is 1440. The number of rotatable bonds is 8. The Morgan fingerprint density at radius 2 is 1.54 bits per heavy atom. The van der Waals surface area contributed by atoms with Crippen LogP contribution in [0.3, 0.4) is 0 Å². The van der Waals surface area contributed by atoms with Gasteiger partial charge < -0.3 is 19.2 Å². The number of carboxylic acids is 1. The molecule has 3 aromatic carbocycles. The summed E-state index contributed by atoms with van der Waals surface area (Å²) in [6.07, 6.45) is 0.604. The van der Waals surface area contributed by atoms with Crippen molar-refractivity contribution < 1.29 is 19.1 Å². The van der Waals surface area contributed by atoms with Crippen LogP contribution in [0.2, 0.25) is 0 Å². The van der Waals surface area contributed by atoms with Crippen molar-refractivity contribution in [2.75, 3.05) is 6.61 Å². The predicted octanol–water partition coefficient (Wildman–Crippen LogP) is 6.03. The lowest BCUT2D eigenvalue weighted by atomic mass is 10.1. The number of aromatic nitrogens is 3. The summed E-state index contributed by atoms with van der Waals surface area (Å²) < 4.78 is 11.7. The number of imidazole rings is 1. The Hall–Kier alpha value is -4.65. The third kappa shape index (κ3) is 4.84. The molecule has 2 heterocycles. The zero-order valence-electron chi connectivity index (χ0n) is 19.1. The SMILES string of the molecule is Cc1oc(-c2ccccc2)nc1CCOc1ccc(-c2nc(-c3ccccc3)[nH]c2C(=O)O)cc1. The monoisotopic (exact) mass is 465 g/mol. The van der Waals surface area contributed by atoms with Crippen molar-refractivity contribution in [3.63, 3.8) is 0 Å². The van der Waals surface area contributed by atoms with Gasteiger partial charge in [0.15, 0.2) is 5.69 Å². The number of aromatic carboxylic acids is 1. The van der Waals surface area contributed by atoms with Crippen molar-refractivity contribution >= 4 is 5.97 Å². The number of H-pyrrole nitrogens is 1. The summed E-state index contributed by atoms with van der Waals surface area (Å²) in [5, 5.41) is 9.65. The van der Waals surface area contributed by atoms with E-state index in [1.165, 1.54) is 0 Å². The van der Waals surface area contributed by atoms with E-state index in [1.54, 1.807) is 0 Å². The highest BCUT2D eigenvalue weighted by molar-refractivity contribution is 5.94. The molecule has 0 saturated heterocycles. The molecular formula is C28H23N3O4. The average molecular weight is 466 g/mol. The molecule has 7 nitrogen and oxygen atoms in total. The molecule has 0 bridgehead atoms. The summed E-state index contributed by atoms with van der Waals surface area (Å²) in [6, 6.07) is 26.4. The number of oxazole rings is 1. The molecule has 0 aliphatic heterocycles. The van der Waals surface area contributed by atoms with Gasteiger partial charge in [0, 0.05) is 23.1 Å². The number of ether oxygens (including phenoxy) is 1. The number of aryl methyl sites for hydroxylation is 1. The first kappa shape index (κ1) is 22.2. The molecule has 2 N–H and O–H groups in total. The molecule has 7 heteroatoms. The minimum atomic E-state index is -1.06. The Labute approximate surface area is 202 Å². The highest BCUT2D eigenvalue weighted by atomic mass is 16.5. The van der Waals surface area contributed by atoms with Crippen molar-refractivity contribution in [1.82, 2.24) is 15.0 Å². The first-order chi connectivity index (χ1) is 17.1. The van der Waals surface area contributed by atoms with Crippen LogP contribution in [0.1, 0.15) is 21.9 Å². The summed E-state index contributed by atoms with van der Waals surface area (Å²) >= 11 is 0. The van der Waals surface area contributed by atoms with E-state index in [-0.39, 0.29) is 5.69 Å². The van der Waals surface area contributed by atoms with Gasteiger partial charge >= 0.3 is 5.97 Å². The number of nitrogens with zero attached hydrogens (tertiary/aromatic N) is 2. The van der Waals surface area contributed by atoms with E-state index in [9.17, 15) is 9.90 Å². The molecule has 0 fully saturated rings. The molecule has 0 aliphatic rings. The summed E-state index contributed by atoms with van der Waals surface area (Å²) in [5.74, 6) is 1.50. The van der Waals surface area contributed by atoms with Crippen molar-refractivity contribution in [2.24, 2.45) is 0 Å². The van der Waals surface area contributed by atoms with Gasteiger partial charge in [0.25, 0.3) is 0 Å². The Morgan fingerprint density at radius 3 is 2.20 bits per heavy atom. The molecule has 5 aromatic rings. The fourth-order valence-electron chi connectivity index (χ4n) is 3.81. The topological polar surface area (TPSA) is 101 Å². The van der Waals surface area contributed by atoms with E-state index < -0.39 is 5.97 Å². The molecule has 0 unspecified atom stereocenters. The third-order valence-corrected chi connectivity index (χ3v) is 5.61. The van der Waals surface area contributed by atoms with Gasteiger partial charge in [-0.2, -0.15) is 0 Å². The molecule has 0 radical (unpaired) electrons. The largest absolute Gasteiger partial charge is 0.493 e. The van der Waals surface area contributed by atoms with Crippen molar-refractivity contribution in [2.45, 2.75) is 13.3 Å². The maximum absolute atomic E-state index is 11.8. The highest BCUT2D eigenvalue weighted by Gasteiger charge is 2.19. The normalized spacial score (nSPS) is 10.9. The van der Waals surface area contributed by atoms with Gasteiger partial charge in [-0.1, -0.05) is 48.5 Å². The van der Waals surface area contributed by atoms with Gasteiger partial charge in [0.05, 0.1) is 12.3 Å². The van der Waals surface area contributed by atoms with Gasteiger partial charge in [0.2, 0.25) is 5.89 Å². The van der Waals surface area contributed by atoms with E-state index in [4.69, 9.17) is 9.15 Å². The van der Waals surface area contributed by atoms with Gasteiger partial charge in [-0.15, -0.1) is 0 Å². The minimum Gasteiger partial charge on any atom is -0.493 e. The molecule has 0 saturated carbocycles. The average Bonchev–Trinajstić information content (AvgIpc) is 3.50. The number of hydrogen-bond donors (Lipinski definition) is 2. The molecule has 5 rings (SSSR count). The van der Waals surface area contributed by atoms with Crippen LogP contribution in [0.4, 0.5) is 0 Å². The van der Waals surface area contributed by atoms with Crippen LogP contribution in [-0.4, -0.2) is 32.6 Å². The van der Waals surface area contributed by atoms with Crippen LogP contribution in [0.15, 0.2) is 89.3 Å². The molecule has 0 aliphatic carbocycles. The summed E-state index contributed by atoms with van der Waals surface area (Å²) in [6.45, 7) is 2.33. The van der Waals surface area contributed by atoms with Crippen LogP contribution < -0.4 is 4.74 Å². The second-order valence-electron chi connectivity index (χ2n) is 7.99. The van der Waals surface area contributed by atoms with E-state index in [2.05, 4.69) is 15.0 Å². The van der Waals surface area contributed by atoms with Crippen molar-refractivity contribution in [3.05, 3.63) is 102 Å². The van der Waals surface area contributed by atoms with Crippen LogP contribution in [0.5, 0.6) is 5.75 Å². The second-order valence-corrected chi connectivity index (χ2v) is 7.99. The first-order valence-corrected chi connectivity index (χ1v) is 11.2. The van der Waals surface area contributed by atoms with Crippen LogP contribution in [0.25, 0.3) is 34.1 Å². The zero-order chi connectivity index (χ0) is 24.2. The standard InChI is InChI=1S/C28H23N3O4/c1-18-23(29-27(35-18)21-10-6-3-7-11-21)16-17-34-22-14-12-19(13-15-22)24-25(28(32)33)31-26(30-24)20-8-4-2-5-9-20/h2-15H,16-17H2,1H3,(H,30,31)(H,32,33). The number of carbonyl (C=O) groups is 1. The van der Waals surface area contributed by atoms with Crippen LogP contribution in [0, 0.1) is 6.92 Å². The first-order valence-electron chi connectivity index (χ1n) is 11.2. The Kier molecular flexibility index (Phi) is 6.13. The molecule has 2 aromatic heterocycles. The van der Waals surface area contributed by atoms with Crippen molar-refractivity contribution in [1.29, 1.82) is 0 Å². The van der Waals surface area contributed by atoms with Gasteiger partial charge in [0.1, 0.15) is 23.0 Å². The molecular weight excluding hydrogens is 442 g/mol. The summed E-state index contributed by atoms with van der Waals surface area (Å²) in [7, 11) is 0. The minimum absolute atomic E-state index is 0.0493. The molecule has 0 atom stereocenters. The number of aromatic amines is 1. The lowest BCUT2D eigenvalue weighted by Gasteiger charge is -2.06. The van der Waals surface area contributed by atoms with E-state index in [1.807, 2.05) is 91.9 Å². The zero-order valence-corrected chi connectivity index (χ0v) is 19.1. The summed E-state index contributed by atoms with van der Waals surface area (Å²) in [5.41, 5.74) is 3.74. The fourth-order valence-corrected chi connectivity index (χ4v) is 3.81. The Morgan fingerprint density at radius 1 is 0.886 bits per heavy atom. The van der Waals surface area contributed by atoms with Gasteiger partial charge in [-0.3, -0.25) is 0 Å². The lowest BCUT2D eigenvalue weighted by Crippen LogP contribution is -2.03. The smallest absolute Gasteiger partial charge is 0.354 e. The highest BCUT2D eigenvalue weighted by Crippen LogP contribution is 2.28. The maximum Gasteiger partial charge on any atom is 0.354 e. The molecule has 0 amide bonds. The van der Waals surface area contributed by atoms with E-state index in [0.717, 1.165) is 22.6 Å². The van der Waals surface area contributed by atoms with E-state index in [0.29, 0.717) is 41.7 Å². The number of nitrogens with one attached hydrogen (secondary N) is 1. The number of hydrogen-bond acceptors (Lipinski definition) is 5. The maximum atomic E-state index is 11.8. The summed E-state index contributed by atoms with van der Waals surface area (Å²) in [4.78, 5) is 23.9. The van der Waals surface area contributed by atoms with Gasteiger partial charge in [-0.25, -0.2) is 14.8 Å². The quantitative estimate of drug-likeness (QED) is 0.290. The van der Waals surface area contributed by atoms with Gasteiger partial charge in [-0.05, 0) is 43.3 Å². The lowest BCUT2D eigenvalue weighted by molar-refractivity contribution is 0.0692. The van der Waals surface area contributed by atoms with Crippen molar-refractivity contribution in [3.8, 4) is 39.8 Å². The van der Waals surface area contributed by atoms with Crippen LogP contribution in [-0.2, 0) is 6.42 Å².